The molecule has 0 aliphatic heterocycles. The Bertz CT molecular complexity index is 577. The van der Waals surface area contributed by atoms with Gasteiger partial charge in [0, 0.05) is 18.8 Å². The fourth-order valence-corrected chi connectivity index (χ4v) is 2.99. The standard InChI is InChI=1S/C20H30N2O3/c1-5-11-22(12-6-2)20(24)18-13-17(18)19(23)21-15-7-9-16(10-8-15)25-14(3)4/h7-10,14,17-18H,5-6,11-13H2,1-4H3,(H,21,23). The first kappa shape index (κ1) is 19.3. The van der Waals surface area contributed by atoms with Crippen LogP contribution in [-0.4, -0.2) is 35.9 Å². The number of amides is 2. The average Bonchev–Trinajstić information content (AvgIpc) is 3.36. The molecule has 1 aromatic carbocycles. The lowest BCUT2D eigenvalue weighted by atomic mass is 10.2. The number of hydrogen-bond acceptors (Lipinski definition) is 3. The molecule has 0 bridgehead atoms. The van der Waals surface area contributed by atoms with Crippen molar-refractivity contribution in [1.82, 2.24) is 4.90 Å². The van der Waals surface area contributed by atoms with Crippen molar-refractivity contribution in [1.29, 1.82) is 0 Å². The quantitative estimate of drug-likeness (QED) is 0.742. The highest BCUT2D eigenvalue weighted by Crippen LogP contribution is 2.41. The smallest absolute Gasteiger partial charge is 0.228 e. The van der Waals surface area contributed by atoms with Gasteiger partial charge in [-0.15, -0.1) is 0 Å². The number of carbonyl (C=O) groups excluding carboxylic acids is 2. The van der Waals surface area contributed by atoms with Crippen LogP contribution in [0.5, 0.6) is 5.75 Å². The highest BCUT2D eigenvalue weighted by molar-refractivity contribution is 5.99. The van der Waals surface area contributed by atoms with Gasteiger partial charge in [-0.05, 0) is 57.4 Å². The number of carbonyl (C=O) groups is 2. The molecule has 138 valence electrons. The van der Waals surface area contributed by atoms with E-state index in [2.05, 4.69) is 19.2 Å². The fourth-order valence-electron chi connectivity index (χ4n) is 2.99. The number of nitrogens with one attached hydrogen (secondary N) is 1. The third-order valence-corrected chi connectivity index (χ3v) is 4.24. The van der Waals surface area contributed by atoms with E-state index in [4.69, 9.17) is 4.74 Å². The first-order valence-electron chi connectivity index (χ1n) is 9.32. The van der Waals surface area contributed by atoms with Crippen LogP contribution in [0.2, 0.25) is 0 Å². The van der Waals surface area contributed by atoms with E-state index in [0.29, 0.717) is 6.42 Å². The zero-order chi connectivity index (χ0) is 18.4. The molecule has 5 heteroatoms. The number of ether oxygens (including phenoxy) is 1. The second-order valence-corrected chi connectivity index (χ2v) is 6.95. The average molecular weight is 346 g/mol. The van der Waals surface area contributed by atoms with Crippen LogP contribution in [0.1, 0.15) is 47.0 Å². The zero-order valence-electron chi connectivity index (χ0n) is 15.7. The molecule has 1 N–H and O–H groups in total. The number of hydrogen-bond donors (Lipinski definition) is 1. The first-order chi connectivity index (χ1) is 12.0. The van der Waals surface area contributed by atoms with Gasteiger partial charge in [0.15, 0.2) is 0 Å². The molecule has 1 fully saturated rings. The van der Waals surface area contributed by atoms with Crippen LogP contribution >= 0.6 is 0 Å². The molecular formula is C20H30N2O3. The van der Waals surface area contributed by atoms with Crippen molar-refractivity contribution >= 4 is 17.5 Å². The molecule has 25 heavy (non-hydrogen) atoms. The van der Waals surface area contributed by atoms with Crippen LogP contribution in [-0.2, 0) is 9.59 Å². The topological polar surface area (TPSA) is 58.6 Å². The van der Waals surface area contributed by atoms with Gasteiger partial charge in [0.05, 0.1) is 17.9 Å². The van der Waals surface area contributed by atoms with Gasteiger partial charge in [-0.25, -0.2) is 0 Å². The summed E-state index contributed by atoms with van der Waals surface area (Å²) < 4.78 is 5.59. The molecule has 1 aliphatic carbocycles. The Morgan fingerprint density at radius 1 is 1.12 bits per heavy atom. The molecule has 1 saturated carbocycles. The number of anilines is 1. The summed E-state index contributed by atoms with van der Waals surface area (Å²) in [6.45, 7) is 9.63. The lowest BCUT2D eigenvalue weighted by Crippen LogP contribution is -2.34. The first-order valence-corrected chi connectivity index (χ1v) is 9.32. The molecule has 0 saturated heterocycles. The van der Waals surface area contributed by atoms with Crippen molar-refractivity contribution < 1.29 is 14.3 Å². The molecule has 2 rings (SSSR count). The number of rotatable bonds is 9. The number of nitrogens with zero attached hydrogens (tertiary/aromatic N) is 1. The summed E-state index contributed by atoms with van der Waals surface area (Å²) in [5, 5.41) is 2.91. The normalized spacial score (nSPS) is 18.8. The van der Waals surface area contributed by atoms with Crippen molar-refractivity contribution in [3.8, 4) is 5.75 Å². The molecule has 0 radical (unpaired) electrons. The molecule has 1 aromatic rings. The van der Waals surface area contributed by atoms with Crippen LogP contribution in [0.3, 0.4) is 0 Å². The summed E-state index contributed by atoms with van der Waals surface area (Å²) in [5.74, 6) is 0.493. The summed E-state index contributed by atoms with van der Waals surface area (Å²) in [7, 11) is 0. The highest BCUT2D eigenvalue weighted by Gasteiger charge is 2.49. The van der Waals surface area contributed by atoms with Crippen LogP contribution < -0.4 is 10.1 Å². The molecule has 1 aliphatic rings. The van der Waals surface area contributed by atoms with E-state index in [1.165, 1.54) is 0 Å². The van der Waals surface area contributed by atoms with Crippen LogP contribution in [0.25, 0.3) is 0 Å². The van der Waals surface area contributed by atoms with E-state index in [1.54, 1.807) is 0 Å². The zero-order valence-corrected chi connectivity index (χ0v) is 15.7. The summed E-state index contributed by atoms with van der Waals surface area (Å²) in [6, 6.07) is 7.34. The van der Waals surface area contributed by atoms with Gasteiger partial charge in [-0.3, -0.25) is 9.59 Å². The second kappa shape index (κ2) is 8.88. The minimum atomic E-state index is -0.199. The maximum Gasteiger partial charge on any atom is 0.228 e. The van der Waals surface area contributed by atoms with Crippen molar-refractivity contribution in [2.24, 2.45) is 11.8 Å². The van der Waals surface area contributed by atoms with Crippen molar-refractivity contribution in [3.05, 3.63) is 24.3 Å². The van der Waals surface area contributed by atoms with Gasteiger partial charge in [0.1, 0.15) is 5.75 Å². The molecule has 5 nitrogen and oxygen atoms in total. The van der Waals surface area contributed by atoms with E-state index in [0.717, 1.165) is 37.4 Å². The van der Waals surface area contributed by atoms with Gasteiger partial charge in [-0.2, -0.15) is 0 Å². The largest absolute Gasteiger partial charge is 0.491 e. The SMILES string of the molecule is CCCN(CCC)C(=O)C1CC1C(=O)Nc1ccc(OC(C)C)cc1. The Labute approximate surface area is 150 Å². The predicted molar refractivity (Wildman–Crippen MR) is 99.6 cm³/mol. The van der Waals surface area contributed by atoms with Gasteiger partial charge >= 0.3 is 0 Å². The van der Waals surface area contributed by atoms with E-state index >= 15 is 0 Å². The monoisotopic (exact) mass is 346 g/mol. The Hall–Kier alpha value is -2.04. The Morgan fingerprint density at radius 2 is 1.72 bits per heavy atom. The van der Waals surface area contributed by atoms with E-state index in [1.807, 2.05) is 43.0 Å². The number of benzene rings is 1. The van der Waals surface area contributed by atoms with Crippen molar-refractivity contribution in [2.75, 3.05) is 18.4 Å². The summed E-state index contributed by atoms with van der Waals surface area (Å²) in [6.07, 6.45) is 2.66. The maximum atomic E-state index is 12.5. The van der Waals surface area contributed by atoms with E-state index in [-0.39, 0.29) is 29.8 Å². The fraction of sp³-hybridized carbons (Fsp3) is 0.600. The van der Waals surface area contributed by atoms with Crippen LogP contribution in [0.15, 0.2) is 24.3 Å². The minimum Gasteiger partial charge on any atom is -0.491 e. The Morgan fingerprint density at radius 3 is 2.24 bits per heavy atom. The summed E-state index contributed by atoms with van der Waals surface area (Å²) in [4.78, 5) is 26.8. The maximum absolute atomic E-state index is 12.5. The van der Waals surface area contributed by atoms with Crippen LogP contribution in [0.4, 0.5) is 5.69 Å². The highest BCUT2D eigenvalue weighted by atomic mass is 16.5. The molecule has 0 spiro atoms. The van der Waals surface area contributed by atoms with Gasteiger partial charge < -0.3 is 15.0 Å². The molecule has 0 heterocycles. The predicted octanol–water partition coefficient (Wildman–Crippen LogP) is 3.70. The Balaban J connectivity index is 1.87. The molecular weight excluding hydrogens is 316 g/mol. The summed E-state index contributed by atoms with van der Waals surface area (Å²) >= 11 is 0. The molecule has 0 aromatic heterocycles. The van der Waals surface area contributed by atoms with Crippen molar-refractivity contribution in [2.45, 2.75) is 53.1 Å². The third-order valence-electron chi connectivity index (χ3n) is 4.24. The van der Waals surface area contributed by atoms with Gasteiger partial charge in [0.2, 0.25) is 11.8 Å². The van der Waals surface area contributed by atoms with Gasteiger partial charge in [0.25, 0.3) is 0 Å². The minimum absolute atomic E-state index is 0.0659. The molecule has 2 unspecified atom stereocenters. The van der Waals surface area contributed by atoms with Gasteiger partial charge in [-0.1, -0.05) is 13.8 Å². The molecule has 2 atom stereocenters. The van der Waals surface area contributed by atoms with E-state index < -0.39 is 0 Å². The van der Waals surface area contributed by atoms with Crippen LogP contribution in [0, 0.1) is 11.8 Å². The van der Waals surface area contributed by atoms with E-state index in [9.17, 15) is 9.59 Å². The lowest BCUT2D eigenvalue weighted by Gasteiger charge is -2.21. The summed E-state index contributed by atoms with van der Waals surface area (Å²) in [5.41, 5.74) is 0.734. The Kier molecular flexibility index (Phi) is 6.85. The lowest BCUT2D eigenvalue weighted by molar-refractivity contribution is -0.134. The second-order valence-electron chi connectivity index (χ2n) is 6.95. The molecule has 2 amide bonds. The third kappa shape index (κ3) is 5.48. The van der Waals surface area contributed by atoms with Crippen molar-refractivity contribution in [3.63, 3.8) is 0 Å².